The summed E-state index contributed by atoms with van der Waals surface area (Å²) in [7, 11) is 0. The molecule has 1 aromatic carbocycles. The van der Waals surface area contributed by atoms with Gasteiger partial charge < -0.3 is 15.4 Å². The van der Waals surface area contributed by atoms with Gasteiger partial charge in [-0.3, -0.25) is 0 Å². The third-order valence-electron chi connectivity index (χ3n) is 2.30. The molecule has 2 rings (SSSR count). The topological polar surface area (TPSA) is 60.9 Å². The first-order valence-electron chi connectivity index (χ1n) is 4.92. The van der Waals surface area contributed by atoms with Crippen LogP contribution in [-0.4, -0.2) is 33.6 Å². The molecule has 0 saturated carbocycles. The number of fused-ring (bicyclic) bond motifs is 1. The summed E-state index contributed by atoms with van der Waals surface area (Å²) in [5.74, 6) is 0.201. The van der Waals surface area contributed by atoms with Crippen molar-refractivity contribution < 1.29 is 5.11 Å². The first-order chi connectivity index (χ1) is 8.13. The number of aliphatic hydroxyl groups excluding tert-OH is 1. The highest BCUT2D eigenvalue weighted by Crippen LogP contribution is 2.36. The molecule has 0 saturated heterocycles. The number of benzene rings is 1. The largest absolute Gasteiger partial charge is 0.390 e. The van der Waals surface area contributed by atoms with Crippen LogP contribution in [0.5, 0.6) is 0 Å². The number of aromatic nitrogens is 2. The monoisotopic (exact) mass is 381 g/mol. The van der Waals surface area contributed by atoms with Crippen LogP contribution in [0, 0.1) is 0 Å². The van der Waals surface area contributed by atoms with Crippen molar-refractivity contribution in [1.82, 2.24) is 9.97 Å². The molecule has 7 heteroatoms. The molecule has 1 aromatic heterocycles. The second-order valence-corrected chi connectivity index (χ2v) is 5.49. The smallest absolute Gasteiger partial charge is 0.105 e. The van der Waals surface area contributed by atoms with Crippen LogP contribution in [0.15, 0.2) is 21.3 Å². The maximum absolute atomic E-state index is 9.43. The lowest BCUT2D eigenvalue weighted by Gasteiger charge is -2.13. The minimum absolute atomic E-state index is 0.201. The lowest BCUT2D eigenvalue weighted by atomic mass is 10.2. The highest BCUT2D eigenvalue weighted by Gasteiger charge is 2.12. The molecule has 92 valence electrons. The molecule has 2 aromatic rings. The number of anilines is 1. The average molecular weight is 383 g/mol. The van der Waals surface area contributed by atoms with Crippen LogP contribution in [0.4, 0.5) is 5.69 Å². The molecule has 1 atom stereocenters. The fourth-order valence-corrected chi connectivity index (χ4v) is 3.06. The number of hydrogen-bond donors (Lipinski definition) is 3. The number of aliphatic hydroxyl groups is 1. The minimum Gasteiger partial charge on any atom is -0.390 e. The fraction of sp³-hybridized carbons (Fsp3) is 0.300. The minimum atomic E-state index is -0.578. The van der Waals surface area contributed by atoms with Crippen molar-refractivity contribution in [3.63, 3.8) is 0 Å². The van der Waals surface area contributed by atoms with Crippen molar-refractivity contribution in [3.05, 3.63) is 21.3 Å². The van der Waals surface area contributed by atoms with Crippen molar-refractivity contribution in [2.24, 2.45) is 0 Å². The molecular weight excluding hydrogens is 373 g/mol. The third kappa shape index (κ3) is 2.76. The van der Waals surface area contributed by atoms with Gasteiger partial charge in [0.05, 0.1) is 34.0 Å². The molecule has 0 radical (unpaired) electrons. The van der Waals surface area contributed by atoms with Crippen molar-refractivity contribution in [3.8, 4) is 0 Å². The predicted octanol–water partition coefficient (Wildman–Crippen LogP) is 3.10. The summed E-state index contributed by atoms with van der Waals surface area (Å²) in [6.07, 6.45) is 1.06. The van der Waals surface area contributed by atoms with Crippen molar-refractivity contribution in [1.29, 1.82) is 0 Å². The van der Waals surface area contributed by atoms with E-state index in [2.05, 4.69) is 47.1 Å². The fourth-order valence-electron chi connectivity index (χ4n) is 1.45. The summed E-state index contributed by atoms with van der Waals surface area (Å²) in [4.78, 5) is 7.25. The second-order valence-electron chi connectivity index (χ2n) is 3.54. The number of halogens is 3. The number of aromatic amines is 1. The number of H-pyrrole nitrogens is 1. The number of nitrogens with zero attached hydrogens (tertiary/aromatic N) is 1. The van der Waals surface area contributed by atoms with Gasteiger partial charge in [-0.05, 0) is 37.9 Å². The Morgan fingerprint density at radius 3 is 3.00 bits per heavy atom. The standard InChI is InChI=1S/C10H10Br2ClN3O/c11-6-1-7-10(16-4-15-7)8(12)9(6)14-3-5(17)2-13/h1,4-5,14,17H,2-3H2,(H,15,16). The Kier molecular flexibility index (Phi) is 4.30. The highest BCUT2D eigenvalue weighted by atomic mass is 79.9. The zero-order chi connectivity index (χ0) is 12.4. The van der Waals surface area contributed by atoms with Gasteiger partial charge in [-0.1, -0.05) is 0 Å². The summed E-state index contributed by atoms with van der Waals surface area (Å²) >= 11 is 12.5. The molecule has 1 heterocycles. The summed E-state index contributed by atoms with van der Waals surface area (Å²) in [5, 5.41) is 12.6. The van der Waals surface area contributed by atoms with Gasteiger partial charge >= 0.3 is 0 Å². The van der Waals surface area contributed by atoms with Crippen molar-refractivity contribution in [2.75, 3.05) is 17.7 Å². The SMILES string of the molecule is OC(CCl)CNc1c(Br)cc2[nH]cnc2c1Br. The van der Waals surface area contributed by atoms with Crippen LogP contribution in [-0.2, 0) is 0 Å². The number of rotatable bonds is 4. The first kappa shape index (κ1) is 13.1. The Morgan fingerprint density at radius 1 is 1.53 bits per heavy atom. The van der Waals surface area contributed by atoms with E-state index in [1.807, 2.05) is 6.07 Å². The van der Waals surface area contributed by atoms with Gasteiger partial charge in [0.25, 0.3) is 0 Å². The van der Waals surface area contributed by atoms with E-state index in [0.29, 0.717) is 6.54 Å². The van der Waals surface area contributed by atoms with E-state index >= 15 is 0 Å². The molecule has 0 aliphatic heterocycles. The maximum atomic E-state index is 9.43. The van der Waals surface area contributed by atoms with Gasteiger partial charge in [-0.15, -0.1) is 11.6 Å². The van der Waals surface area contributed by atoms with Crippen molar-refractivity contribution in [2.45, 2.75) is 6.10 Å². The Bertz CT molecular complexity index is 531. The third-order valence-corrected chi connectivity index (χ3v) is 4.05. The van der Waals surface area contributed by atoms with E-state index < -0.39 is 6.10 Å². The lowest BCUT2D eigenvalue weighted by Crippen LogP contribution is -2.21. The Hall–Kier alpha value is -0.300. The highest BCUT2D eigenvalue weighted by molar-refractivity contribution is 9.11. The molecule has 0 aliphatic carbocycles. The van der Waals surface area contributed by atoms with Crippen LogP contribution in [0.1, 0.15) is 0 Å². The van der Waals surface area contributed by atoms with E-state index in [0.717, 1.165) is 25.7 Å². The number of imidazole rings is 1. The average Bonchev–Trinajstić information content (AvgIpc) is 2.76. The van der Waals surface area contributed by atoms with Gasteiger partial charge in [0.2, 0.25) is 0 Å². The molecular formula is C10H10Br2ClN3O. The zero-order valence-electron chi connectivity index (χ0n) is 8.67. The van der Waals surface area contributed by atoms with Crippen LogP contribution in [0.25, 0.3) is 11.0 Å². The Balaban J connectivity index is 2.32. The van der Waals surface area contributed by atoms with Crippen LogP contribution >= 0.6 is 43.5 Å². The van der Waals surface area contributed by atoms with E-state index in [9.17, 15) is 5.11 Å². The molecule has 0 spiro atoms. The molecule has 0 bridgehead atoms. The Labute approximate surface area is 120 Å². The van der Waals surface area contributed by atoms with Gasteiger partial charge in [0, 0.05) is 11.0 Å². The van der Waals surface area contributed by atoms with E-state index in [4.69, 9.17) is 11.6 Å². The van der Waals surface area contributed by atoms with Gasteiger partial charge in [-0.25, -0.2) is 4.98 Å². The van der Waals surface area contributed by atoms with Crippen LogP contribution in [0.3, 0.4) is 0 Å². The van der Waals surface area contributed by atoms with Gasteiger partial charge in [0.15, 0.2) is 0 Å². The summed E-state index contributed by atoms with van der Waals surface area (Å²) in [5.41, 5.74) is 2.64. The molecule has 0 amide bonds. The van der Waals surface area contributed by atoms with Crippen molar-refractivity contribution >= 4 is 60.2 Å². The maximum Gasteiger partial charge on any atom is 0.105 e. The Morgan fingerprint density at radius 2 is 2.29 bits per heavy atom. The molecule has 0 fully saturated rings. The molecule has 0 aliphatic rings. The molecule has 1 unspecified atom stereocenters. The summed E-state index contributed by atoms with van der Waals surface area (Å²) in [6, 6.07) is 1.93. The summed E-state index contributed by atoms with van der Waals surface area (Å²) in [6.45, 7) is 0.386. The van der Waals surface area contributed by atoms with Crippen LogP contribution < -0.4 is 5.32 Å². The first-order valence-corrected chi connectivity index (χ1v) is 7.04. The van der Waals surface area contributed by atoms with Gasteiger partial charge in [0.1, 0.15) is 5.52 Å². The predicted molar refractivity (Wildman–Crippen MR) is 76.7 cm³/mol. The lowest BCUT2D eigenvalue weighted by molar-refractivity contribution is 0.211. The van der Waals surface area contributed by atoms with E-state index in [1.54, 1.807) is 6.33 Å². The quantitative estimate of drug-likeness (QED) is 0.711. The number of nitrogens with one attached hydrogen (secondary N) is 2. The molecule has 3 N–H and O–H groups in total. The van der Waals surface area contributed by atoms with Gasteiger partial charge in [-0.2, -0.15) is 0 Å². The van der Waals surface area contributed by atoms with E-state index in [-0.39, 0.29) is 5.88 Å². The number of hydrogen-bond acceptors (Lipinski definition) is 3. The number of alkyl halides is 1. The molecule has 4 nitrogen and oxygen atoms in total. The van der Waals surface area contributed by atoms with E-state index in [1.165, 1.54) is 0 Å². The van der Waals surface area contributed by atoms with Crippen LogP contribution in [0.2, 0.25) is 0 Å². The summed E-state index contributed by atoms with van der Waals surface area (Å²) < 4.78 is 1.74. The normalized spacial score (nSPS) is 12.9. The second kappa shape index (κ2) is 5.56. The molecule has 17 heavy (non-hydrogen) atoms. The zero-order valence-corrected chi connectivity index (χ0v) is 12.6.